The minimum Gasteiger partial charge on any atom is -0.325 e. The van der Waals surface area contributed by atoms with Crippen LogP contribution in [0.15, 0.2) is 54.6 Å². The molecule has 2 N–H and O–H groups in total. The van der Waals surface area contributed by atoms with Crippen molar-refractivity contribution in [1.29, 1.82) is 0 Å². The van der Waals surface area contributed by atoms with Gasteiger partial charge in [0.05, 0.1) is 11.3 Å². The third-order valence-electron chi connectivity index (χ3n) is 5.48. The van der Waals surface area contributed by atoms with Crippen LogP contribution in [-0.4, -0.2) is 11.8 Å². The zero-order valence-electron chi connectivity index (χ0n) is 19.0. The molecule has 0 aliphatic rings. The molecule has 0 saturated heterocycles. The van der Waals surface area contributed by atoms with Gasteiger partial charge in [-0.15, -0.1) is 0 Å². The number of benzene rings is 2. The van der Waals surface area contributed by atoms with Crippen LogP contribution in [0.1, 0.15) is 94.3 Å². The van der Waals surface area contributed by atoms with E-state index in [1.54, 1.807) is 18.2 Å². The summed E-state index contributed by atoms with van der Waals surface area (Å²) in [6, 6.07) is 16.5. The third kappa shape index (κ3) is 10.3. The lowest BCUT2D eigenvalue weighted by Crippen LogP contribution is -2.18. The Morgan fingerprint density at radius 3 is 1.84 bits per heavy atom. The van der Waals surface area contributed by atoms with Crippen LogP contribution in [0, 0.1) is 0 Å². The lowest BCUT2D eigenvalue weighted by molar-refractivity contribution is -0.116. The predicted octanol–water partition coefficient (Wildman–Crippen LogP) is 7.58. The van der Waals surface area contributed by atoms with Crippen LogP contribution in [0.5, 0.6) is 0 Å². The smallest absolute Gasteiger partial charge is 0.257 e. The summed E-state index contributed by atoms with van der Waals surface area (Å²) in [7, 11) is 0. The maximum atomic E-state index is 12.6. The lowest BCUT2D eigenvalue weighted by atomic mass is 10.1. The second-order valence-corrected chi connectivity index (χ2v) is 8.20. The Balaban J connectivity index is 1.64. The van der Waals surface area contributed by atoms with E-state index in [9.17, 15) is 9.59 Å². The molecule has 0 heterocycles. The van der Waals surface area contributed by atoms with Crippen LogP contribution in [0.4, 0.5) is 11.4 Å². The number of unbranched alkanes of at least 4 members (excludes halogenated alkanes) is 10. The van der Waals surface area contributed by atoms with Gasteiger partial charge in [-0.1, -0.05) is 101 Å². The van der Waals surface area contributed by atoms with Crippen molar-refractivity contribution >= 4 is 23.2 Å². The lowest BCUT2D eigenvalue weighted by Gasteiger charge is -2.11. The number of carbonyl (C=O) groups excluding carboxylic acids is 2. The van der Waals surface area contributed by atoms with Gasteiger partial charge in [0, 0.05) is 12.1 Å². The second-order valence-electron chi connectivity index (χ2n) is 8.20. The Labute approximate surface area is 187 Å². The monoisotopic (exact) mass is 422 g/mol. The van der Waals surface area contributed by atoms with Crippen molar-refractivity contribution in [3.63, 3.8) is 0 Å². The number of carbonyl (C=O) groups is 2. The number of hydrogen-bond acceptors (Lipinski definition) is 2. The fourth-order valence-electron chi connectivity index (χ4n) is 3.67. The topological polar surface area (TPSA) is 58.2 Å². The van der Waals surface area contributed by atoms with E-state index in [4.69, 9.17) is 0 Å². The highest BCUT2D eigenvalue weighted by molar-refractivity contribution is 6.10. The molecule has 0 fully saturated rings. The number of amides is 2. The first-order valence-corrected chi connectivity index (χ1v) is 12.0. The van der Waals surface area contributed by atoms with Crippen molar-refractivity contribution in [2.75, 3.05) is 10.6 Å². The average molecular weight is 423 g/mol. The number of anilines is 2. The maximum absolute atomic E-state index is 12.6. The molecule has 2 aromatic rings. The summed E-state index contributed by atoms with van der Waals surface area (Å²) in [6.45, 7) is 2.25. The van der Waals surface area contributed by atoms with E-state index in [0.717, 1.165) is 18.5 Å². The minimum absolute atomic E-state index is 0.0316. The van der Waals surface area contributed by atoms with Crippen molar-refractivity contribution in [2.24, 2.45) is 0 Å². The van der Waals surface area contributed by atoms with Gasteiger partial charge >= 0.3 is 0 Å². The molecule has 0 bridgehead atoms. The molecule has 0 saturated carbocycles. The van der Waals surface area contributed by atoms with Crippen LogP contribution in [0.25, 0.3) is 0 Å². The molecule has 0 atom stereocenters. The van der Waals surface area contributed by atoms with Crippen molar-refractivity contribution in [2.45, 2.75) is 84.0 Å². The van der Waals surface area contributed by atoms with Gasteiger partial charge in [-0.2, -0.15) is 0 Å². The van der Waals surface area contributed by atoms with Crippen LogP contribution in [0.3, 0.4) is 0 Å². The predicted molar refractivity (Wildman–Crippen MR) is 131 cm³/mol. The Kier molecular flexibility index (Phi) is 12.1. The first-order chi connectivity index (χ1) is 15.2. The number of rotatable bonds is 15. The van der Waals surface area contributed by atoms with E-state index in [1.165, 1.54) is 57.8 Å². The fraction of sp³-hybridized carbons (Fsp3) is 0.481. The highest BCUT2D eigenvalue weighted by Crippen LogP contribution is 2.18. The summed E-state index contributed by atoms with van der Waals surface area (Å²) in [5.74, 6) is -0.257. The highest BCUT2D eigenvalue weighted by Gasteiger charge is 2.13. The van der Waals surface area contributed by atoms with Crippen molar-refractivity contribution in [1.82, 2.24) is 0 Å². The van der Waals surface area contributed by atoms with E-state index in [1.807, 2.05) is 36.4 Å². The van der Waals surface area contributed by atoms with Crippen LogP contribution in [0.2, 0.25) is 0 Å². The summed E-state index contributed by atoms with van der Waals surface area (Å²) in [6.07, 6.45) is 14.3. The van der Waals surface area contributed by atoms with Gasteiger partial charge in [0.15, 0.2) is 0 Å². The van der Waals surface area contributed by atoms with Gasteiger partial charge in [-0.05, 0) is 30.7 Å². The third-order valence-corrected chi connectivity index (χ3v) is 5.48. The second kappa shape index (κ2) is 15.2. The molecule has 168 valence electrons. The van der Waals surface area contributed by atoms with Crippen LogP contribution >= 0.6 is 0 Å². The molecule has 0 aliphatic carbocycles. The zero-order chi connectivity index (χ0) is 22.2. The molecule has 0 aliphatic heterocycles. The van der Waals surface area contributed by atoms with E-state index < -0.39 is 0 Å². The van der Waals surface area contributed by atoms with Crippen molar-refractivity contribution in [3.8, 4) is 0 Å². The van der Waals surface area contributed by atoms with E-state index in [-0.39, 0.29) is 11.8 Å². The summed E-state index contributed by atoms with van der Waals surface area (Å²) in [5.41, 5.74) is 1.76. The zero-order valence-corrected chi connectivity index (χ0v) is 19.0. The first kappa shape index (κ1) is 24.6. The van der Waals surface area contributed by atoms with Gasteiger partial charge in [-0.25, -0.2) is 0 Å². The van der Waals surface area contributed by atoms with Crippen molar-refractivity contribution in [3.05, 3.63) is 60.2 Å². The van der Waals surface area contributed by atoms with E-state index in [0.29, 0.717) is 17.7 Å². The van der Waals surface area contributed by atoms with Crippen LogP contribution < -0.4 is 10.6 Å². The normalized spacial score (nSPS) is 10.6. The summed E-state index contributed by atoms with van der Waals surface area (Å²) in [5, 5.41) is 5.79. The van der Waals surface area contributed by atoms with E-state index in [2.05, 4.69) is 17.6 Å². The molecular formula is C27H38N2O2. The molecular weight excluding hydrogens is 384 g/mol. The van der Waals surface area contributed by atoms with Crippen molar-refractivity contribution < 1.29 is 9.59 Å². The Hall–Kier alpha value is -2.62. The highest BCUT2D eigenvalue weighted by atomic mass is 16.2. The van der Waals surface area contributed by atoms with Gasteiger partial charge in [0.2, 0.25) is 5.91 Å². The Morgan fingerprint density at radius 2 is 1.19 bits per heavy atom. The fourth-order valence-corrected chi connectivity index (χ4v) is 3.67. The Morgan fingerprint density at radius 1 is 0.645 bits per heavy atom. The van der Waals surface area contributed by atoms with Gasteiger partial charge < -0.3 is 10.6 Å². The number of nitrogens with one attached hydrogen (secondary N) is 2. The van der Waals surface area contributed by atoms with Gasteiger partial charge in [0.1, 0.15) is 0 Å². The summed E-state index contributed by atoms with van der Waals surface area (Å²) in [4.78, 5) is 25.0. The molecule has 4 nitrogen and oxygen atoms in total. The van der Waals surface area contributed by atoms with Crippen LogP contribution in [-0.2, 0) is 4.79 Å². The quantitative estimate of drug-likeness (QED) is 0.291. The molecule has 0 aromatic heterocycles. The average Bonchev–Trinajstić information content (AvgIpc) is 2.78. The molecule has 2 rings (SSSR count). The molecule has 0 radical (unpaired) electrons. The SMILES string of the molecule is CCCCCCCCCCCCCC(=O)Nc1ccccc1C(=O)Nc1ccccc1. The molecule has 4 heteroatoms. The van der Waals surface area contributed by atoms with Gasteiger partial charge in [-0.3, -0.25) is 9.59 Å². The largest absolute Gasteiger partial charge is 0.325 e. The molecule has 31 heavy (non-hydrogen) atoms. The minimum atomic E-state index is -0.225. The molecule has 0 spiro atoms. The molecule has 2 amide bonds. The maximum Gasteiger partial charge on any atom is 0.257 e. The standard InChI is InChI=1S/C27H38N2O2/c1-2-3-4-5-6-7-8-9-10-11-15-22-26(30)29-25-21-17-16-20-24(25)27(31)28-23-18-13-12-14-19-23/h12-14,16-21H,2-11,15,22H2,1H3,(H,28,31)(H,29,30). The summed E-state index contributed by atoms with van der Waals surface area (Å²) < 4.78 is 0. The molecule has 2 aromatic carbocycles. The molecule has 0 unspecified atom stereocenters. The summed E-state index contributed by atoms with van der Waals surface area (Å²) >= 11 is 0. The Bertz CT molecular complexity index is 774. The number of para-hydroxylation sites is 2. The number of hydrogen-bond donors (Lipinski definition) is 2. The first-order valence-electron chi connectivity index (χ1n) is 12.0. The van der Waals surface area contributed by atoms with Gasteiger partial charge in [0.25, 0.3) is 5.91 Å². The van der Waals surface area contributed by atoms with E-state index >= 15 is 0 Å².